The smallest absolute Gasteiger partial charge is 0.273 e. The first-order valence-corrected chi connectivity index (χ1v) is 9.14. The summed E-state index contributed by atoms with van der Waals surface area (Å²) in [5, 5.41) is 13.7. The number of hydrogen-bond donors (Lipinski definition) is 2. The summed E-state index contributed by atoms with van der Waals surface area (Å²) in [4.78, 5) is 12.6. The predicted octanol–water partition coefficient (Wildman–Crippen LogP) is 4.10. The van der Waals surface area contributed by atoms with E-state index in [-0.39, 0.29) is 17.5 Å². The van der Waals surface area contributed by atoms with E-state index in [1.165, 1.54) is 24.4 Å². The van der Waals surface area contributed by atoms with E-state index in [0.29, 0.717) is 23.5 Å². The topological polar surface area (TPSA) is 75.8 Å². The van der Waals surface area contributed by atoms with Crippen molar-refractivity contribution in [1.29, 1.82) is 0 Å². The summed E-state index contributed by atoms with van der Waals surface area (Å²) in [6.07, 6.45) is 1.47. The summed E-state index contributed by atoms with van der Waals surface area (Å²) in [5.74, 6) is -0.274. The van der Waals surface area contributed by atoms with E-state index in [1.54, 1.807) is 30.3 Å². The van der Waals surface area contributed by atoms with E-state index in [0.717, 1.165) is 17.1 Å². The first kappa shape index (κ1) is 20.1. The molecule has 7 heteroatoms. The van der Waals surface area contributed by atoms with Crippen LogP contribution in [-0.2, 0) is 0 Å². The molecule has 6 nitrogen and oxygen atoms in total. The number of carbonyl (C=O) groups excluding carboxylic acids is 1. The molecule has 0 radical (unpaired) electrons. The van der Waals surface area contributed by atoms with E-state index in [9.17, 15) is 14.3 Å². The molecule has 1 heterocycles. The van der Waals surface area contributed by atoms with Crippen LogP contribution in [0.3, 0.4) is 0 Å². The quantitative estimate of drug-likeness (QED) is 0.487. The van der Waals surface area contributed by atoms with Crippen molar-refractivity contribution in [2.75, 3.05) is 6.61 Å². The lowest BCUT2D eigenvalue weighted by Crippen LogP contribution is -2.18. The molecule has 0 spiro atoms. The fourth-order valence-electron chi connectivity index (χ4n) is 3.09. The van der Waals surface area contributed by atoms with Crippen molar-refractivity contribution in [3.63, 3.8) is 0 Å². The van der Waals surface area contributed by atoms with Gasteiger partial charge in [0.2, 0.25) is 0 Å². The van der Waals surface area contributed by atoms with Crippen LogP contribution in [-0.4, -0.2) is 28.4 Å². The molecule has 0 saturated heterocycles. The van der Waals surface area contributed by atoms with Crippen LogP contribution < -0.4 is 10.2 Å². The van der Waals surface area contributed by atoms with Crippen molar-refractivity contribution in [3.8, 4) is 17.2 Å². The van der Waals surface area contributed by atoms with Gasteiger partial charge in [-0.25, -0.2) is 9.82 Å². The van der Waals surface area contributed by atoms with Gasteiger partial charge >= 0.3 is 0 Å². The zero-order valence-electron chi connectivity index (χ0n) is 16.4. The van der Waals surface area contributed by atoms with Gasteiger partial charge in [0.15, 0.2) is 11.5 Å². The number of aryl methyl sites for hydroxylation is 1. The molecule has 2 aromatic carbocycles. The van der Waals surface area contributed by atoms with Crippen molar-refractivity contribution in [1.82, 2.24) is 9.99 Å². The van der Waals surface area contributed by atoms with Gasteiger partial charge in [-0.1, -0.05) is 0 Å². The molecule has 0 unspecified atom stereocenters. The molecule has 150 valence electrons. The number of carbonyl (C=O) groups is 1. The van der Waals surface area contributed by atoms with Gasteiger partial charge in [-0.2, -0.15) is 5.10 Å². The summed E-state index contributed by atoms with van der Waals surface area (Å²) in [6.45, 7) is 5.95. The number of hydrazone groups is 1. The second kappa shape index (κ2) is 8.60. The molecule has 1 aromatic heterocycles. The number of hydrogen-bond acceptors (Lipinski definition) is 4. The number of rotatable bonds is 6. The maximum Gasteiger partial charge on any atom is 0.273 e. The third kappa shape index (κ3) is 4.45. The lowest BCUT2D eigenvalue weighted by molar-refractivity contribution is 0.0954. The Morgan fingerprint density at radius 1 is 1.21 bits per heavy atom. The van der Waals surface area contributed by atoms with Crippen molar-refractivity contribution in [2.45, 2.75) is 20.8 Å². The highest BCUT2D eigenvalue weighted by Gasteiger charge is 2.16. The van der Waals surface area contributed by atoms with Crippen molar-refractivity contribution < 1.29 is 19.0 Å². The Morgan fingerprint density at radius 3 is 2.62 bits per heavy atom. The fourth-order valence-corrected chi connectivity index (χ4v) is 3.09. The zero-order chi connectivity index (χ0) is 21.0. The second-order valence-electron chi connectivity index (χ2n) is 6.46. The molecule has 29 heavy (non-hydrogen) atoms. The molecule has 2 N–H and O–H groups in total. The number of halogens is 1. The maximum atomic E-state index is 13.2. The third-order valence-corrected chi connectivity index (χ3v) is 4.42. The largest absolute Gasteiger partial charge is 0.504 e. The first-order valence-electron chi connectivity index (χ1n) is 9.14. The Kier molecular flexibility index (Phi) is 5.97. The molecule has 0 aliphatic carbocycles. The third-order valence-electron chi connectivity index (χ3n) is 4.42. The van der Waals surface area contributed by atoms with Crippen LogP contribution in [0.15, 0.2) is 53.6 Å². The maximum absolute atomic E-state index is 13.2. The number of benzene rings is 2. The number of phenols is 1. The molecule has 3 rings (SSSR count). The molecular weight excluding hydrogens is 373 g/mol. The number of phenolic OH excluding ortho intramolecular Hbond substituents is 1. The van der Waals surface area contributed by atoms with E-state index in [1.807, 2.05) is 25.3 Å². The van der Waals surface area contributed by atoms with E-state index >= 15 is 0 Å². The summed E-state index contributed by atoms with van der Waals surface area (Å²) in [6, 6.07) is 12.6. The summed E-state index contributed by atoms with van der Waals surface area (Å²) >= 11 is 0. The number of ether oxygens (including phenoxy) is 1. The molecule has 0 fully saturated rings. The fraction of sp³-hybridized carbons (Fsp3) is 0.182. The van der Waals surface area contributed by atoms with E-state index in [2.05, 4.69) is 10.5 Å². The standard InChI is InChI=1S/C22H22FN3O3/c1-4-29-21-12-16(5-10-20(21)27)13-24-25-22(28)19-11-14(2)26(15(19)3)18-8-6-17(23)7-9-18/h5-13,27H,4H2,1-3H3,(H,25,28)/b24-13+. The van der Waals surface area contributed by atoms with Crippen LogP contribution in [0.2, 0.25) is 0 Å². The van der Waals surface area contributed by atoms with Crippen molar-refractivity contribution in [3.05, 3.63) is 76.9 Å². The number of nitrogens with one attached hydrogen (secondary N) is 1. The SMILES string of the molecule is CCOc1cc(/C=N/NC(=O)c2cc(C)n(-c3ccc(F)cc3)c2C)ccc1O. The molecular formula is C22H22FN3O3. The van der Waals surface area contributed by atoms with Crippen LogP contribution in [0.1, 0.15) is 34.2 Å². The Morgan fingerprint density at radius 2 is 1.93 bits per heavy atom. The number of nitrogens with zero attached hydrogens (tertiary/aromatic N) is 2. The minimum atomic E-state index is -0.355. The lowest BCUT2D eigenvalue weighted by atomic mass is 10.2. The molecule has 3 aromatic rings. The van der Waals surface area contributed by atoms with Crippen LogP contribution in [0, 0.1) is 19.7 Å². The molecule has 0 atom stereocenters. The molecule has 0 aliphatic rings. The number of aromatic hydroxyl groups is 1. The normalized spacial score (nSPS) is 11.0. The Bertz CT molecular complexity index is 1060. The average Bonchev–Trinajstić information content (AvgIpc) is 2.99. The summed E-state index contributed by atoms with van der Waals surface area (Å²) in [7, 11) is 0. The molecule has 0 saturated carbocycles. The Balaban J connectivity index is 1.76. The van der Waals surface area contributed by atoms with Gasteiger partial charge in [0.25, 0.3) is 5.91 Å². The van der Waals surface area contributed by atoms with Crippen molar-refractivity contribution in [2.24, 2.45) is 5.10 Å². The van der Waals surface area contributed by atoms with E-state index in [4.69, 9.17) is 4.74 Å². The van der Waals surface area contributed by atoms with Crippen LogP contribution in [0.5, 0.6) is 11.5 Å². The zero-order valence-corrected chi connectivity index (χ0v) is 16.4. The second-order valence-corrected chi connectivity index (χ2v) is 6.46. The van der Waals surface area contributed by atoms with Gasteiger partial charge in [-0.15, -0.1) is 0 Å². The van der Waals surface area contributed by atoms with Gasteiger partial charge in [0.05, 0.1) is 18.4 Å². The molecule has 1 amide bonds. The highest BCUT2D eigenvalue weighted by Crippen LogP contribution is 2.26. The molecule has 0 bridgehead atoms. The van der Waals surface area contributed by atoms with Crippen LogP contribution >= 0.6 is 0 Å². The Hall–Kier alpha value is -3.61. The predicted molar refractivity (Wildman–Crippen MR) is 110 cm³/mol. The van der Waals surface area contributed by atoms with Crippen LogP contribution in [0.4, 0.5) is 4.39 Å². The van der Waals surface area contributed by atoms with Gasteiger partial charge in [0.1, 0.15) is 5.82 Å². The van der Waals surface area contributed by atoms with E-state index < -0.39 is 0 Å². The van der Waals surface area contributed by atoms with Crippen molar-refractivity contribution >= 4 is 12.1 Å². The lowest BCUT2D eigenvalue weighted by Gasteiger charge is -2.09. The first-order chi connectivity index (χ1) is 13.9. The minimum absolute atomic E-state index is 0.0428. The summed E-state index contributed by atoms with van der Waals surface area (Å²) in [5.41, 5.74) is 6.01. The van der Waals surface area contributed by atoms with Crippen LogP contribution in [0.25, 0.3) is 5.69 Å². The molecule has 0 aliphatic heterocycles. The Labute approximate surface area is 168 Å². The highest BCUT2D eigenvalue weighted by molar-refractivity contribution is 5.96. The summed E-state index contributed by atoms with van der Waals surface area (Å²) < 4.78 is 20.4. The number of aromatic nitrogens is 1. The minimum Gasteiger partial charge on any atom is -0.504 e. The number of amides is 1. The van der Waals surface area contributed by atoms with Gasteiger partial charge in [0, 0.05) is 17.1 Å². The average molecular weight is 395 g/mol. The monoisotopic (exact) mass is 395 g/mol. The highest BCUT2D eigenvalue weighted by atomic mass is 19.1. The van der Waals surface area contributed by atoms with Gasteiger partial charge in [-0.3, -0.25) is 4.79 Å². The van der Waals surface area contributed by atoms with Gasteiger partial charge < -0.3 is 14.4 Å². The van der Waals surface area contributed by atoms with Gasteiger partial charge in [-0.05, 0) is 74.9 Å².